The molecule has 1 aromatic carbocycles. The van der Waals surface area contributed by atoms with Gasteiger partial charge in [0.05, 0.1) is 32.5 Å². The van der Waals surface area contributed by atoms with Gasteiger partial charge in [-0.15, -0.1) is 11.3 Å². The summed E-state index contributed by atoms with van der Waals surface area (Å²) in [4.78, 5) is 32.3. The first-order valence-corrected chi connectivity index (χ1v) is 11.5. The lowest BCUT2D eigenvalue weighted by Gasteiger charge is -2.22. The van der Waals surface area contributed by atoms with Gasteiger partial charge in [-0.1, -0.05) is 23.2 Å². The number of thiazole rings is 1. The van der Waals surface area contributed by atoms with Crippen molar-refractivity contribution in [3.8, 4) is 5.82 Å². The Bertz CT molecular complexity index is 1530. The summed E-state index contributed by atoms with van der Waals surface area (Å²) in [6, 6.07) is 4.63. The number of anilines is 1. The first-order chi connectivity index (χ1) is 15.6. The highest BCUT2D eigenvalue weighted by molar-refractivity contribution is 7.16. The fraction of sp³-hybridized carbons (Fsp3) is 0.200. The molecule has 1 unspecified atom stereocenters. The Morgan fingerprint density at radius 1 is 1.12 bits per heavy atom. The molecule has 1 saturated carbocycles. The van der Waals surface area contributed by atoms with Crippen LogP contribution in [0.15, 0.2) is 41.0 Å². The lowest BCUT2D eigenvalue weighted by atomic mass is 10.1. The number of aromatic amines is 1. The Kier molecular flexibility index (Phi) is 4.60. The van der Waals surface area contributed by atoms with Crippen molar-refractivity contribution in [1.29, 1.82) is 0 Å². The molecule has 12 heteroatoms. The summed E-state index contributed by atoms with van der Waals surface area (Å²) in [7, 11) is 0. The molecule has 1 fully saturated rings. The Morgan fingerprint density at radius 2 is 1.97 bits per heavy atom. The number of hydrogen-bond donors (Lipinski definition) is 2. The number of fused-ring (bicyclic) bond motifs is 2. The van der Waals surface area contributed by atoms with Crippen molar-refractivity contribution in [3.63, 3.8) is 0 Å². The highest BCUT2D eigenvalue weighted by Gasteiger charge is 2.37. The summed E-state index contributed by atoms with van der Waals surface area (Å²) in [5, 5.41) is 11.4. The average molecular weight is 485 g/mol. The minimum atomic E-state index is -0.335. The zero-order chi connectivity index (χ0) is 21.8. The molecule has 0 amide bonds. The SMILES string of the molecule is O=c1c2c(Cl)ccc(Cl)c2nc(C(Nc2ncnc3scnc23)C2CC2)n1-c1cc[nH]n1. The van der Waals surface area contributed by atoms with Crippen LogP contribution >= 0.6 is 34.5 Å². The molecule has 6 rings (SSSR count). The Balaban J connectivity index is 1.61. The summed E-state index contributed by atoms with van der Waals surface area (Å²) in [5.74, 6) is 1.76. The smallest absolute Gasteiger partial charge is 0.268 e. The molecule has 1 aliphatic carbocycles. The summed E-state index contributed by atoms with van der Waals surface area (Å²) >= 11 is 14.2. The van der Waals surface area contributed by atoms with Crippen LogP contribution in [0.25, 0.3) is 27.1 Å². The predicted octanol–water partition coefficient (Wildman–Crippen LogP) is 4.38. The lowest BCUT2D eigenvalue weighted by molar-refractivity contribution is 0.606. The van der Waals surface area contributed by atoms with Gasteiger partial charge in [-0.25, -0.2) is 24.5 Å². The molecule has 5 aromatic rings. The van der Waals surface area contributed by atoms with E-state index >= 15 is 0 Å². The first kappa shape index (κ1) is 19.6. The molecule has 4 aromatic heterocycles. The fourth-order valence-electron chi connectivity index (χ4n) is 3.81. The van der Waals surface area contributed by atoms with E-state index in [4.69, 9.17) is 28.2 Å². The van der Waals surface area contributed by atoms with Crippen molar-refractivity contribution < 1.29 is 0 Å². The second-order valence-corrected chi connectivity index (χ2v) is 9.13. The molecule has 160 valence electrons. The zero-order valence-electron chi connectivity index (χ0n) is 16.3. The third-order valence-corrected chi connectivity index (χ3v) is 6.82. The maximum absolute atomic E-state index is 13.7. The lowest BCUT2D eigenvalue weighted by Crippen LogP contribution is -2.30. The van der Waals surface area contributed by atoms with Gasteiger partial charge in [0.25, 0.3) is 5.56 Å². The van der Waals surface area contributed by atoms with Gasteiger partial charge in [-0.2, -0.15) is 5.10 Å². The fourth-order valence-corrected chi connectivity index (χ4v) is 4.87. The molecule has 0 aliphatic heterocycles. The summed E-state index contributed by atoms with van der Waals surface area (Å²) < 4.78 is 1.48. The van der Waals surface area contributed by atoms with Gasteiger partial charge < -0.3 is 5.32 Å². The first-order valence-electron chi connectivity index (χ1n) is 9.83. The van der Waals surface area contributed by atoms with Crippen LogP contribution in [0.5, 0.6) is 0 Å². The number of rotatable bonds is 5. The van der Waals surface area contributed by atoms with E-state index in [1.54, 1.807) is 29.9 Å². The molecule has 9 nitrogen and oxygen atoms in total. The molecule has 1 aliphatic rings. The van der Waals surface area contributed by atoms with E-state index in [-0.39, 0.29) is 27.9 Å². The Labute approximate surface area is 194 Å². The van der Waals surface area contributed by atoms with Crippen LogP contribution in [0, 0.1) is 5.92 Å². The standard InChI is InChI=1S/C20H14Cl2N8OS/c21-10-3-4-11(22)15-13(10)20(31)30(12-5-6-26-29-12)18(28-15)14(9-1-2-9)27-17-16-19(24-7-23-17)32-8-25-16/h3-9,14H,1-2H2,(H,26,29)(H,23,24,27). The van der Waals surface area contributed by atoms with Crippen molar-refractivity contribution in [2.24, 2.45) is 5.92 Å². The summed E-state index contributed by atoms with van der Waals surface area (Å²) in [5.41, 5.74) is 2.43. The van der Waals surface area contributed by atoms with Gasteiger partial charge in [-0.3, -0.25) is 9.89 Å². The second kappa shape index (κ2) is 7.51. The third kappa shape index (κ3) is 3.14. The molecule has 32 heavy (non-hydrogen) atoms. The second-order valence-electron chi connectivity index (χ2n) is 7.48. The van der Waals surface area contributed by atoms with Gasteiger partial charge in [0, 0.05) is 12.3 Å². The number of nitrogens with zero attached hydrogens (tertiary/aromatic N) is 6. The van der Waals surface area contributed by atoms with E-state index < -0.39 is 0 Å². The van der Waals surface area contributed by atoms with Crippen LogP contribution in [-0.2, 0) is 0 Å². The predicted molar refractivity (Wildman–Crippen MR) is 124 cm³/mol. The maximum Gasteiger partial charge on any atom is 0.268 e. The van der Waals surface area contributed by atoms with Crippen LogP contribution in [-0.4, -0.2) is 34.7 Å². The van der Waals surface area contributed by atoms with Gasteiger partial charge in [0.15, 0.2) is 11.6 Å². The molecule has 0 radical (unpaired) electrons. The average Bonchev–Trinajstić information content (AvgIpc) is 3.27. The molecular weight excluding hydrogens is 471 g/mol. The number of hydrogen-bond acceptors (Lipinski definition) is 8. The van der Waals surface area contributed by atoms with E-state index in [1.165, 1.54) is 22.2 Å². The number of halogens is 2. The van der Waals surface area contributed by atoms with E-state index in [1.807, 2.05) is 0 Å². The highest BCUT2D eigenvalue weighted by Crippen LogP contribution is 2.43. The molecule has 2 N–H and O–H groups in total. The van der Waals surface area contributed by atoms with E-state index in [9.17, 15) is 4.79 Å². The quantitative estimate of drug-likeness (QED) is 0.380. The van der Waals surface area contributed by atoms with E-state index in [0.717, 1.165) is 17.7 Å². The molecule has 4 heterocycles. The van der Waals surface area contributed by atoms with Gasteiger partial charge in [-0.05, 0) is 30.9 Å². The third-order valence-electron chi connectivity index (χ3n) is 5.46. The van der Waals surface area contributed by atoms with Gasteiger partial charge in [0.2, 0.25) is 0 Å². The van der Waals surface area contributed by atoms with Crippen LogP contribution in [0.2, 0.25) is 10.0 Å². The van der Waals surface area contributed by atoms with E-state index in [0.29, 0.717) is 33.5 Å². The maximum atomic E-state index is 13.7. The highest BCUT2D eigenvalue weighted by atomic mass is 35.5. The van der Waals surface area contributed by atoms with Crippen molar-refractivity contribution in [1.82, 2.24) is 34.7 Å². The number of aromatic nitrogens is 7. The molecule has 0 spiro atoms. The summed E-state index contributed by atoms with van der Waals surface area (Å²) in [6.07, 6.45) is 5.12. The molecule has 0 saturated heterocycles. The number of benzene rings is 1. The number of H-pyrrole nitrogens is 1. The topological polar surface area (TPSA) is 114 Å². The van der Waals surface area contributed by atoms with Crippen LogP contribution in [0.1, 0.15) is 24.7 Å². The summed E-state index contributed by atoms with van der Waals surface area (Å²) in [6.45, 7) is 0. The van der Waals surface area contributed by atoms with E-state index in [2.05, 4.69) is 30.5 Å². The number of nitrogens with one attached hydrogen (secondary N) is 2. The normalized spacial score (nSPS) is 14.8. The van der Waals surface area contributed by atoms with Crippen molar-refractivity contribution >= 4 is 61.6 Å². The van der Waals surface area contributed by atoms with Gasteiger partial charge in [0.1, 0.15) is 22.5 Å². The van der Waals surface area contributed by atoms with Gasteiger partial charge >= 0.3 is 0 Å². The van der Waals surface area contributed by atoms with Crippen LogP contribution in [0.4, 0.5) is 5.82 Å². The minimum Gasteiger partial charge on any atom is -0.358 e. The van der Waals surface area contributed by atoms with Crippen molar-refractivity contribution in [2.75, 3.05) is 5.32 Å². The van der Waals surface area contributed by atoms with Crippen molar-refractivity contribution in [2.45, 2.75) is 18.9 Å². The van der Waals surface area contributed by atoms with Crippen LogP contribution < -0.4 is 10.9 Å². The monoisotopic (exact) mass is 484 g/mol. The Morgan fingerprint density at radius 3 is 2.75 bits per heavy atom. The molecule has 1 atom stereocenters. The largest absolute Gasteiger partial charge is 0.358 e. The Hall–Kier alpha value is -3.08. The van der Waals surface area contributed by atoms with Crippen LogP contribution in [0.3, 0.4) is 0 Å². The van der Waals surface area contributed by atoms with Crippen molar-refractivity contribution in [3.05, 3.63) is 62.5 Å². The molecule has 0 bridgehead atoms. The minimum absolute atomic E-state index is 0.254. The zero-order valence-corrected chi connectivity index (χ0v) is 18.6. The molecular formula is C20H14Cl2N8OS.